The fourth-order valence-electron chi connectivity index (χ4n) is 2.18. The van der Waals surface area contributed by atoms with Gasteiger partial charge in [0.05, 0.1) is 9.90 Å². The molecular weight excluding hydrogens is 280 g/mol. The molecule has 1 aromatic rings. The summed E-state index contributed by atoms with van der Waals surface area (Å²) in [5, 5.41) is 3.61. The van der Waals surface area contributed by atoms with Crippen LogP contribution in [0.3, 0.4) is 0 Å². The summed E-state index contributed by atoms with van der Waals surface area (Å²) in [6, 6.07) is 0. The summed E-state index contributed by atoms with van der Waals surface area (Å²) in [7, 11) is 0. The molecule has 1 atom stereocenters. The molecule has 6 heteroatoms. The molecule has 19 heavy (non-hydrogen) atoms. The Kier molecular flexibility index (Phi) is 5.66. The molecular formula is C13H20N2O2S2. The zero-order chi connectivity index (χ0) is 13.7. The molecule has 1 aliphatic heterocycles. The summed E-state index contributed by atoms with van der Waals surface area (Å²) in [5.74, 6) is 0.603. The van der Waals surface area contributed by atoms with Crippen molar-refractivity contribution in [3.8, 4) is 0 Å². The van der Waals surface area contributed by atoms with Gasteiger partial charge in [-0.15, -0.1) is 11.8 Å². The quantitative estimate of drug-likeness (QED) is 0.848. The summed E-state index contributed by atoms with van der Waals surface area (Å²) < 4.78 is 6.58. The zero-order valence-corrected chi connectivity index (χ0v) is 13.0. The molecule has 0 radical (unpaired) electrons. The van der Waals surface area contributed by atoms with Crippen molar-refractivity contribution in [1.29, 1.82) is 0 Å². The normalized spacial score (nSPS) is 19.4. The number of carbonyl (C=O) groups excluding carboxylic acids is 1. The summed E-state index contributed by atoms with van der Waals surface area (Å²) in [4.78, 5) is 16.2. The highest BCUT2D eigenvalue weighted by Gasteiger charge is 2.16. The Morgan fingerprint density at radius 1 is 1.63 bits per heavy atom. The number of anilines is 1. The van der Waals surface area contributed by atoms with Crippen LogP contribution in [0.1, 0.15) is 31.4 Å². The van der Waals surface area contributed by atoms with Crippen LogP contribution in [0.4, 0.5) is 5.13 Å². The number of aryl methyl sites for hydroxylation is 1. The number of nitrogens with one attached hydrogen (secondary N) is 1. The third-order valence-corrected chi connectivity index (χ3v) is 5.50. The molecule has 1 N–H and O–H groups in total. The van der Waals surface area contributed by atoms with Crippen molar-refractivity contribution in [3.05, 3.63) is 5.69 Å². The third kappa shape index (κ3) is 4.47. The van der Waals surface area contributed by atoms with Gasteiger partial charge in [0.15, 0.2) is 5.13 Å². The number of aromatic nitrogens is 1. The Balaban J connectivity index is 1.76. The number of thiazole rings is 1. The van der Waals surface area contributed by atoms with Crippen molar-refractivity contribution >= 4 is 34.1 Å². The first kappa shape index (κ1) is 14.8. The standard InChI is InChI=1S/C13H20N2O2S2/c1-9-12(18-2)19-13(14-9)15-11(16)6-5-10-4-3-7-17-8-10/h10H,3-8H2,1-2H3,(H,14,15,16)/t10-/m0/s1. The smallest absolute Gasteiger partial charge is 0.226 e. The average Bonchev–Trinajstić information content (AvgIpc) is 2.77. The average molecular weight is 300 g/mol. The first-order valence-corrected chi connectivity index (χ1v) is 8.62. The third-order valence-electron chi connectivity index (χ3n) is 3.22. The van der Waals surface area contributed by atoms with Crippen LogP contribution in [0.15, 0.2) is 4.21 Å². The minimum absolute atomic E-state index is 0.0620. The minimum atomic E-state index is 0.0620. The molecule has 0 aromatic carbocycles. The molecule has 1 amide bonds. The SMILES string of the molecule is CSc1sc(NC(=O)CC[C@@H]2CCCOC2)nc1C. The van der Waals surface area contributed by atoms with E-state index in [2.05, 4.69) is 10.3 Å². The lowest BCUT2D eigenvalue weighted by molar-refractivity contribution is -0.116. The van der Waals surface area contributed by atoms with E-state index >= 15 is 0 Å². The highest BCUT2D eigenvalue weighted by Crippen LogP contribution is 2.30. The van der Waals surface area contributed by atoms with E-state index < -0.39 is 0 Å². The van der Waals surface area contributed by atoms with E-state index in [-0.39, 0.29) is 5.91 Å². The van der Waals surface area contributed by atoms with Crippen molar-refractivity contribution in [2.45, 2.75) is 36.8 Å². The maximum absolute atomic E-state index is 11.9. The Hall–Kier alpha value is -0.590. The minimum Gasteiger partial charge on any atom is -0.381 e. The molecule has 1 aliphatic rings. The van der Waals surface area contributed by atoms with Gasteiger partial charge in [0, 0.05) is 19.6 Å². The largest absolute Gasteiger partial charge is 0.381 e. The topological polar surface area (TPSA) is 51.2 Å². The number of thioether (sulfide) groups is 1. The van der Waals surface area contributed by atoms with Gasteiger partial charge in [0.1, 0.15) is 0 Å². The van der Waals surface area contributed by atoms with Crippen LogP contribution in [-0.4, -0.2) is 30.4 Å². The number of rotatable bonds is 5. The number of hydrogen-bond donors (Lipinski definition) is 1. The molecule has 1 aromatic heterocycles. The van der Waals surface area contributed by atoms with E-state index in [1.54, 1.807) is 23.1 Å². The molecule has 1 fully saturated rings. The molecule has 0 unspecified atom stereocenters. The lowest BCUT2D eigenvalue weighted by Gasteiger charge is -2.21. The molecule has 106 valence electrons. The summed E-state index contributed by atoms with van der Waals surface area (Å²) in [5.41, 5.74) is 0.994. The number of ether oxygens (including phenoxy) is 1. The number of hydrogen-bond acceptors (Lipinski definition) is 5. The van der Waals surface area contributed by atoms with Crippen molar-refractivity contribution in [2.24, 2.45) is 5.92 Å². The lowest BCUT2D eigenvalue weighted by Crippen LogP contribution is -2.20. The molecule has 0 aliphatic carbocycles. The van der Waals surface area contributed by atoms with E-state index in [1.807, 2.05) is 13.2 Å². The predicted molar refractivity (Wildman–Crippen MR) is 80.0 cm³/mol. The number of amides is 1. The second kappa shape index (κ2) is 7.26. The number of nitrogens with zero attached hydrogens (tertiary/aromatic N) is 1. The number of carbonyl (C=O) groups is 1. The monoisotopic (exact) mass is 300 g/mol. The van der Waals surface area contributed by atoms with Gasteiger partial charge in [-0.3, -0.25) is 4.79 Å². The summed E-state index contributed by atoms with van der Waals surface area (Å²) in [6.07, 6.45) is 5.79. The van der Waals surface area contributed by atoms with Crippen LogP contribution in [0.25, 0.3) is 0 Å². The fourth-order valence-corrected chi connectivity index (χ4v) is 3.80. The van der Waals surface area contributed by atoms with E-state index in [0.29, 0.717) is 17.5 Å². The van der Waals surface area contributed by atoms with Gasteiger partial charge >= 0.3 is 0 Å². The van der Waals surface area contributed by atoms with Gasteiger partial charge in [-0.05, 0) is 38.4 Å². The second-order valence-electron chi connectivity index (χ2n) is 4.77. The highest BCUT2D eigenvalue weighted by atomic mass is 32.2. The zero-order valence-electron chi connectivity index (χ0n) is 11.4. The Bertz CT molecular complexity index is 428. The van der Waals surface area contributed by atoms with Gasteiger partial charge in [0.2, 0.25) is 5.91 Å². The van der Waals surface area contributed by atoms with E-state index in [0.717, 1.165) is 36.0 Å². The molecule has 4 nitrogen and oxygen atoms in total. The summed E-state index contributed by atoms with van der Waals surface area (Å²) in [6.45, 7) is 3.65. The molecule has 0 saturated carbocycles. The van der Waals surface area contributed by atoms with E-state index in [1.165, 1.54) is 6.42 Å². The van der Waals surface area contributed by atoms with Crippen LogP contribution < -0.4 is 5.32 Å². The fraction of sp³-hybridized carbons (Fsp3) is 0.692. The first-order valence-electron chi connectivity index (χ1n) is 6.58. The Labute approximate surface area is 122 Å². The van der Waals surface area contributed by atoms with Crippen LogP contribution in [-0.2, 0) is 9.53 Å². The van der Waals surface area contributed by atoms with Gasteiger partial charge in [0.25, 0.3) is 0 Å². The molecule has 2 rings (SSSR count). The van der Waals surface area contributed by atoms with Crippen LogP contribution >= 0.6 is 23.1 Å². The van der Waals surface area contributed by atoms with Crippen molar-refractivity contribution in [1.82, 2.24) is 4.98 Å². The predicted octanol–water partition coefficient (Wildman–Crippen LogP) is 3.32. The maximum Gasteiger partial charge on any atom is 0.226 e. The van der Waals surface area contributed by atoms with E-state index in [9.17, 15) is 4.79 Å². The van der Waals surface area contributed by atoms with Gasteiger partial charge in [-0.2, -0.15) is 0 Å². The van der Waals surface area contributed by atoms with Gasteiger partial charge < -0.3 is 10.1 Å². The van der Waals surface area contributed by atoms with Gasteiger partial charge in [-0.25, -0.2) is 4.98 Å². The Morgan fingerprint density at radius 3 is 3.11 bits per heavy atom. The first-order chi connectivity index (χ1) is 9.19. The Morgan fingerprint density at radius 2 is 2.47 bits per heavy atom. The molecule has 0 bridgehead atoms. The molecule has 1 saturated heterocycles. The van der Waals surface area contributed by atoms with Crippen molar-refractivity contribution in [3.63, 3.8) is 0 Å². The summed E-state index contributed by atoms with van der Waals surface area (Å²) >= 11 is 3.21. The maximum atomic E-state index is 11.9. The van der Waals surface area contributed by atoms with Crippen LogP contribution in [0, 0.1) is 12.8 Å². The van der Waals surface area contributed by atoms with E-state index in [4.69, 9.17) is 4.74 Å². The molecule has 2 heterocycles. The van der Waals surface area contributed by atoms with Crippen LogP contribution in [0.5, 0.6) is 0 Å². The lowest BCUT2D eigenvalue weighted by atomic mass is 9.97. The van der Waals surface area contributed by atoms with Crippen molar-refractivity contribution in [2.75, 3.05) is 24.8 Å². The van der Waals surface area contributed by atoms with Crippen molar-refractivity contribution < 1.29 is 9.53 Å². The molecule has 0 spiro atoms. The second-order valence-corrected chi connectivity index (χ2v) is 6.84. The van der Waals surface area contributed by atoms with Crippen LogP contribution in [0.2, 0.25) is 0 Å². The van der Waals surface area contributed by atoms with Gasteiger partial charge in [-0.1, -0.05) is 11.3 Å². The highest BCUT2D eigenvalue weighted by molar-refractivity contribution is 8.00.